The number of hydrogen-bond donors (Lipinski definition) is 1. The molecule has 4 fully saturated rings. The number of rotatable bonds is 2. The third kappa shape index (κ3) is 1.98. The highest BCUT2D eigenvalue weighted by molar-refractivity contribution is 7.89. The second kappa shape index (κ2) is 3.46. The van der Waals surface area contributed by atoms with Gasteiger partial charge in [0.1, 0.15) is 0 Å². The lowest BCUT2D eigenvalue weighted by Gasteiger charge is -2.55. The van der Waals surface area contributed by atoms with Gasteiger partial charge in [0, 0.05) is 0 Å². The molecule has 0 spiro atoms. The van der Waals surface area contributed by atoms with Crippen molar-refractivity contribution in [1.82, 2.24) is 4.72 Å². The molecule has 0 atom stereocenters. The Morgan fingerprint density at radius 2 is 1.47 bits per heavy atom. The van der Waals surface area contributed by atoms with Crippen LogP contribution in [0.5, 0.6) is 0 Å². The van der Waals surface area contributed by atoms with E-state index >= 15 is 0 Å². The van der Waals surface area contributed by atoms with Crippen LogP contribution in [0.15, 0.2) is 0 Å². The van der Waals surface area contributed by atoms with E-state index in [0.29, 0.717) is 17.8 Å². The van der Waals surface area contributed by atoms with Gasteiger partial charge in [-0.05, 0) is 56.3 Å². The predicted octanol–water partition coefficient (Wildman–Crippen LogP) is 1.28. The Labute approximate surface area is 102 Å². The first-order chi connectivity index (χ1) is 7.86. The highest BCUT2D eigenvalue weighted by Crippen LogP contribution is 2.60. The molecule has 4 aliphatic rings. The van der Waals surface area contributed by atoms with Gasteiger partial charge in [-0.1, -0.05) is 0 Å². The van der Waals surface area contributed by atoms with Crippen molar-refractivity contribution in [2.75, 3.05) is 6.26 Å². The molecule has 0 aromatic rings. The van der Waals surface area contributed by atoms with Crippen LogP contribution in [0.3, 0.4) is 0 Å². The Kier molecular flexibility index (Phi) is 2.35. The molecule has 5 heteroatoms. The van der Waals surface area contributed by atoms with Crippen LogP contribution in [0.2, 0.25) is 0 Å². The highest BCUT2D eigenvalue weighted by Gasteiger charge is 2.54. The molecule has 1 N–H and O–H groups in total. The van der Waals surface area contributed by atoms with E-state index in [-0.39, 0.29) is 11.3 Å². The van der Waals surface area contributed by atoms with E-state index in [1.54, 1.807) is 0 Å². The van der Waals surface area contributed by atoms with E-state index in [9.17, 15) is 13.2 Å². The number of nitrogens with one attached hydrogen (secondary N) is 1. The summed E-state index contributed by atoms with van der Waals surface area (Å²) in [5.41, 5.74) is -0.363. The van der Waals surface area contributed by atoms with Crippen molar-refractivity contribution in [3.63, 3.8) is 0 Å². The fraction of sp³-hybridized carbons (Fsp3) is 0.917. The fourth-order valence-electron chi connectivity index (χ4n) is 4.67. The molecule has 4 rings (SSSR count). The second-order valence-corrected chi connectivity index (χ2v) is 8.15. The van der Waals surface area contributed by atoms with Gasteiger partial charge in [0.25, 0.3) is 0 Å². The normalized spacial score (nSPS) is 43.7. The van der Waals surface area contributed by atoms with E-state index in [0.717, 1.165) is 25.5 Å². The van der Waals surface area contributed by atoms with E-state index < -0.39 is 10.0 Å². The molecule has 4 aliphatic carbocycles. The minimum Gasteiger partial charge on any atom is -0.273 e. The summed E-state index contributed by atoms with van der Waals surface area (Å²) in [6.07, 6.45) is 7.54. The molecule has 1 amide bonds. The molecule has 0 aromatic heterocycles. The van der Waals surface area contributed by atoms with Crippen LogP contribution >= 0.6 is 0 Å². The predicted molar refractivity (Wildman–Crippen MR) is 63.6 cm³/mol. The average Bonchev–Trinajstić information content (AvgIpc) is 2.12. The zero-order valence-corrected chi connectivity index (χ0v) is 10.9. The van der Waals surface area contributed by atoms with Crippen LogP contribution in [-0.2, 0) is 14.8 Å². The molecule has 4 bridgehead atoms. The fourth-order valence-corrected chi connectivity index (χ4v) is 5.22. The number of carbonyl (C=O) groups is 1. The third-order valence-electron chi connectivity index (χ3n) is 4.80. The van der Waals surface area contributed by atoms with Crippen molar-refractivity contribution >= 4 is 15.9 Å². The maximum absolute atomic E-state index is 12.2. The van der Waals surface area contributed by atoms with E-state index in [1.165, 1.54) is 19.3 Å². The summed E-state index contributed by atoms with van der Waals surface area (Å²) >= 11 is 0. The first-order valence-electron chi connectivity index (χ1n) is 6.38. The Balaban J connectivity index is 1.84. The number of carbonyl (C=O) groups excluding carboxylic acids is 1. The largest absolute Gasteiger partial charge is 0.273 e. The lowest BCUT2D eigenvalue weighted by Crippen LogP contribution is -2.54. The van der Waals surface area contributed by atoms with Crippen molar-refractivity contribution in [2.24, 2.45) is 23.2 Å². The summed E-state index contributed by atoms with van der Waals surface area (Å²) < 4.78 is 24.6. The third-order valence-corrected chi connectivity index (χ3v) is 5.35. The van der Waals surface area contributed by atoms with Gasteiger partial charge in [0.05, 0.1) is 11.7 Å². The smallest absolute Gasteiger partial charge is 0.239 e. The second-order valence-electron chi connectivity index (χ2n) is 6.40. The summed E-state index contributed by atoms with van der Waals surface area (Å²) in [5.74, 6) is 1.74. The van der Waals surface area contributed by atoms with Crippen molar-refractivity contribution in [3.05, 3.63) is 0 Å². The molecular formula is C12H19NO3S. The van der Waals surface area contributed by atoms with E-state index in [1.807, 2.05) is 0 Å². The summed E-state index contributed by atoms with van der Waals surface area (Å²) in [4.78, 5) is 12.2. The maximum atomic E-state index is 12.2. The van der Waals surface area contributed by atoms with Gasteiger partial charge in [-0.2, -0.15) is 0 Å². The summed E-state index contributed by atoms with van der Waals surface area (Å²) in [6, 6.07) is 0. The van der Waals surface area contributed by atoms with Crippen molar-refractivity contribution in [2.45, 2.75) is 38.5 Å². The average molecular weight is 257 g/mol. The molecule has 0 heterocycles. The molecule has 4 nitrogen and oxygen atoms in total. The summed E-state index contributed by atoms with van der Waals surface area (Å²) in [6.45, 7) is 0. The molecule has 4 saturated carbocycles. The first-order valence-corrected chi connectivity index (χ1v) is 8.28. The van der Waals surface area contributed by atoms with Crippen molar-refractivity contribution < 1.29 is 13.2 Å². The Bertz CT molecular complexity index is 419. The van der Waals surface area contributed by atoms with Crippen molar-refractivity contribution in [1.29, 1.82) is 0 Å². The van der Waals surface area contributed by atoms with Gasteiger partial charge in [0.2, 0.25) is 15.9 Å². The number of sulfonamides is 1. The molecule has 0 radical (unpaired) electrons. The van der Waals surface area contributed by atoms with Gasteiger partial charge in [-0.3, -0.25) is 9.52 Å². The van der Waals surface area contributed by atoms with Crippen LogP contribution in [0.1, 0.15) is 38.5 Å². The Morgan fingerprint density at radius 3 is 1.82 bits per heavy atom. The van der Waals surface area contributed by atoms with Crippen LogP contribution in [0.4, 0.5) is 0 Å². The Morgan fingerprint density at radius 1 is 1.06 bits per heavy atom. The molecule has 0 saturated heterocycles. The summed E-state index contributed by atoms with van der Waals surface area (Å²) in [7, 11) is -3.42. The number of hydrogen-bond acceptors (Lipinski definition) is 3. The van der Waals surface area contributed by atoms with Crippen LogP contribution < -0.4 is 4.72 Å². The lowest BCUT2D eigenvalue weighted by atomic mass is 9.49. The Hall–Kier alpha value is -0.580. The van der Waals surface area contributed by atoms with Gasteiger partial charge in [-0.25, -0.2) is 8.42 Å². The number of amides is 1. The molecule has 96 valence electrons. The van der Waals surface area contributed by atoms with E-state index in [2.05, 4.69) is 4.72 Å². The van der Waals surface area contributed by atoms with Gasteiger partial charge in [0.15, 0.2) is 0 Å². The molecule has 0 aromatic carbocycles. The van der Waals surface area contributed by atoms with Crippen LogP contribution in [0.25, 0.3) is 0 Å². The molecular weight excluding hydrogens is 238 g/mol. The van der Waals surface area contributed by atoms with Gasteiger partial charge in [-0.15, -0.1) is 0 Å². The molecule has 0 unspecified atom stereocenters. The highest BCUT2D eigenvalue weighted by atomic mass is 32.2. The van der Waals surface area contributed by atoms with E-state index in [4.69, 9.17) is 0 Å². The quantitative estimate of drug-likeness (QED) is 0.810. The van der Waals surface area contributed by atoms with Gasteiger partial charge >= 0.3 is 0 Å². The first kappa shape index (κ1) is 11.5. The standard InChI is InChI=1S/C12H19NO3S/c1-17(15,16)13-11(14)12-5-8-2-9(6-12)4-10(3-8)7-12/h8-10H,2-7H2,1H3,(H,13,14). The zero-order valence-electron chi connectivity index (χ0n) is 10.1. The van der Waals surface area contributed by atoms with Crippen LogP contribution in [-0.4, -0.2) is 20.6 Å². The zero-order chi connectivity index (χ0) is 12.3. The topological polar surface area (TPSA) is 63.2 Å². The minimum atomic E-state index is -3.42. The maximum Gasteiger partial charge on any atom is 0.239 e. The van der Waals surface area contributed by atoms with Crippen molar-refractivity contribution in [3.8, 4) is 0 Å². The van der Waals surface area contributed by atoms with Gasteiger partial charge < -0.3 is 0 Å². The van der Waals surface area contributed by atoms with Crippen LogP contribution in [0, 0.1) is 23.2 Å². The molecule has 17 heavy (non-hydrogen) atoms. The molecule has 0 aliphatic heterocycles. The minimum absolute atomic E-state index is 0.237. The summed E-state index contributed by atoms with van der Waals surface area (Å²) in [5, 5.41) is 0. The SMILES string of the molecule is CS(=O)(=O)NC(=O)C12CC3CC(CC(C3)C1)C2. The monoisotopic (exact) mass is 257 g/mol. The lowest BCUT2D eigenvalue weighted by molar-refractivity contribution is -0.144.